The van der Waals surface area contributed by atoms with Gasteiger partial charge in [-0.3, -0.25) is 9.59 Å². The number of rotatable bonds is 4. The maximum absolute atomic E-state index is 13.3. The van der Waals surface area contributed by atoms with Crippen LogP contribution in [0, 0.1) is 11.6 Å². The van der Waals surface area contributed by atoms with Gasteiger partial charge in [0.05, 0.1) is 12.8 Å². The molecule has 0 N–H and O–H groups in total. The van der Waals surface area contributed by atoms with Crippen molar-refractivity contribution in [2.45, 2.75) is 6.54 Å². The Morgan fingerprint density at radius 3 is 2.50 bits per heavy atom. The van der Waals surface area contributed by atoms with Gasteiger partial charge in [0.2, 0.25) is 0 Å². The number of carbonyl (C=O) groups excluding carboxylic acids is 1. The molecular formula is C15H12F2N2O3. The van der Waals surface area contributed by atoms with E-state index in [1.807, 2.05) is 0 Å². The summed E-state index contributed by atoms with van der Waals surface area (Å²) >= 11 is 0. The van der Waals surface area contributed by atoms with Crippen LogP contribution in [0.25, 0.3) is 17.2 Å². The molecular weight excluding hydrogens is 294 g/mol. The third-order valence-electron chi connectivity index (χ3n) is 2.90. The molecule has 2 aromatic rings. The molecule has 1 aromatic carbocycles. The molecule has 0 saturated carbocycles. The summed E-state index contributed by atoms with van der Waals surface area (Å²) in [4.78, 5) is 23.2. The van der Waals surface area contributed by atoms with Gasteiger partial charge in [-0.15, -0.1) is 0 Å². The minimum atomic E-state index is -0.774. The largest absolute Gasteiger partial charge is 0.468 e. The van der Waals surface area contributed by atoms with Gasteiger partial charge in [-0.2, -0.15) is 5.10 Å². The van der Waals surface area contributed by atoms with Crippen molar-refractivity contribution in [3.63, 3.8) is 0 Å². The Kier molecular flexibility index (Phi) is 4.45. The van der Waals surface area contributed by atoms with Crippen molar-refractivity contribution < 1.29 is 18.3 Å². The first-order valence-corrected chi connectivity index (χ1v) is 6.22. The molecule has 0 aliphatic heterocycles. The molecule has 0 fully saturated rings. The number of ether oxygens (including phenoxy) is 1. The van der Waals surface area contributed by atoms with Crippen LogP contribution in [0.15, 0.2) is 35.6 Å². The van der Waals surface area contributed by atoms with Gasteiger partial charge in [-0.25, -0.2) is 13.5 Å². The number of nitrogens with zero attached hydrogens (tertiary/aromatic N) is 2. The molecule has 0 aliphatic rings. The van der Waals surface area contributed by atoms with Crippen molar-refractivity contribution in [2.75, 3.05) is 7.11 Å². The molecule has 5 nitrogen and oxygen atoms in total. The van der Waals surface area contributed by atoms with Crippen molar-refractivity contribution in [1.82, 2.24) is 9.78 Å². The summed E-state index contributed by atoms with van der Waals surface area (Å²) in [6.07, 6.45) is 1.32. The van der Waals surface area contributed by atoms with E-state index in [2.05, 4.69) is 16.4 Å². The summed E-state index contributed by atoms with van der Waals surface area (Å²) < 4.78 is 32.0. The van der Waals surface area contributed by atoms with Crippen LogP contribution in [-0.2, 0) is 16.1 Å². The second-order valence-corrected chi connectivity index (χ2v) is 4.38. The van der Waals surface area contributed by atoms with E-state index in [-0.39, 0.29) is 23.4 Å². The summed E-state index contributed by atoms with van der Waals surface area (Å²) in [6.45, 7) is 3.18. The van der Waals surface area contributed by atoms with E-state index < -0.39 is 23.2 Å². The molecule has 2 rings (SSSR count). The summed E-state index contributed by atoms with van der Waals surface area (Å²) in [5, 5.41) is 3.95. The van der Waals surface area contributed by atoms with Gasteiger partial charge in [-0.1, -0.05) is 6.58 Å². The van der Waals surface area contributed by atoms with Crippen molar-refractivity contribution in [1.29, 1.82) is 0 Å². The molecule has 114 valence electrons. The molecule has 0 aliphatic carbocycles. The second kappa shape index (κ2) is 6.30. The van der Waals surface area contributed by atoms with Gasteiger partial charge in [0, 0.05) is 17.7 Å². The molecule has 0 amide bonds. The van der Waals surface area contributed by atoms with E-state index in [9.17, 15) is 18.4 Å². The number of carbonyl (C=O) groups is 1. The average molecular weight is 306 g/mol. The zero-order valence-electron chi connectivity index (χ0n) is 11.7. The lowest BCUT2D eigenvalue weighted by Gasteiger charge is -2.09. The number of aromatic nitrogens is 2. The van der Waals surface area contributed by atoms with Gasteiger partial charge in [0.1, 0.15) is 18.2 Å². The van der Waals surface area contributed by atoms with E-state index in [4.69, 9.17) is 0 Å². The van der Waals surface area contributed by atoms with Crippen LogP contribution in [0.1, 0.15) is 5.69 Å². The number of methoxy groups -OCH3 is 1. The normalized spacial score (nSPS) is 10.3. The van der Waals surface area contributed by atoms with Crippen LogP contribution in [-0.4, -0.2) is 22.9 Å². The SMILES string of the molecule is C=Cc1nn(CC(=O)OC)c(=O)cc1-c1cc(F)cc(F)c1. The second-order valence-electron chi connectivity index (χ2n) is 4.38. The Bertz CT molecular complexity index is 780. The highest BCUT2D eigenvalue weighted by Crippen LogP contribution is 2.23. The van der Waals surface area contributed by atoms with Crippen molar-refractivity contribution in [3.05, 3.63) is 58.5 Å². The van der Waals surface area contributed by atoms with Gasteiger partial charge < -0.3 is 4.74 Å². The van der Waals surface area contributed by atoms with Crippen LogP contribution >= 0.6 is 0 Å². The number of benzene rings is 1. The van der Waals surface area contributed by atoms with Crippen LogP contribution in [0.2, 0.25) is 0 Å². The number of halogens is 2. The van der Waals surface area contributed by atoms with E-state index in [0.717, 1.165) is 28.9 Å². The molecule has 0 saturated heterocycles. The molecule has 0 atom stereocenters. The fourth-order valence-electron chi connectivity index (χ4n) is 1.90. The maximum Gasteiger partial charge on any atom is 0.327 e. The minimum absolute atomic E-state index is 0.155. The fourth-order valence-corrected chi connectivity index (χ4v) is 1.90. The first kappa shape index (κ1) is 15.6. The summed E-state index contributed by atoms with van der Waals surface area (Å²) in [5.74, 6) is -2.19. The lowest BCUT2D eigenvalue weighted by molar-refractivity contribution is -0.141. The third kappa shape index (κ3) is 3.25. The quantitative estimate of drug-likeness (QED) is 0.811. The van der Waals surface area contributed by atoms with Crippen molar-refractivity contribution in [2.24, 2.45) is 0 Å². The van der Waals surface area contributed by atoms with E-state index in [1.54, 1.807) is 0 Å². The number of hydrogen-bond acceptors (Lipinski definition) is 4. The lowest BCUT2D eigenvalue weighted by atomic mass is 10.0. The van der Waals surface area contributed by atoms with Crippen LogP contribution in [0.4, 0.5) is 8.78 Å². The van der Waals surface area contributed by atoms with Crippen LogP contribution in [0.3, 0.4) is 0 Å². The Labute approximate surface area is 124 Å². The van der Waals surface area contributed by atoms with E-state index in [0.29, 0.717) is 0 Å². The molecule has 1 aromatic heterocycles. The third-order valence-corrected chi connectivity index (χ3v) is 2.90. The average Bonchev–Trinajstić information content (AvgIpc) is 2.47. The van der Waals surface area contributed by atoms with E-state index >= 15 is 0 Å². The molecule has 22 heavy (non-hydrogen) atoms. The minimum Gasteiger partial charge on any atom is -0.468 e. The van der Waals surface area contributed by atoms with E-state index in [1.165, 1.54) is 13.2 Å². The zero-order valence-corrected chi connectivity index (χ0v) is 11.7. The van der Waals surface area contributed by atoms with Crippen LogP contribution in [0.5, 0.6) is 0 Å². The molecule has 0 bridgehead atoms. The summed E-state index contributed by atoms with van der Waals surface area (Å²) in [5.41, 5.74) is -0.00842. The Morgan fingerprint density at radius 2 is 1.95 bits per heavy atom. The highest BCUT2D eigenvalue weighted by atomic mass is 19.1. The van der Waals surface area contributed by atoms with Gasteiger partial charge in [-0.05, 0) is 23.8 Å². The Balaban J connectivity index is 2.58. The topological polar surface area (TPSA) is 61.2 Å². The highest BCUT2D eigenvalue weighted by Gasteiger charge is 2.13. The molecule has 0 spiro atoms. The predicted octanol–water partition coefficient (Wildman–Crippen LogP) is 2.00. The molecule has 1 heterocycles. The first-order valence-electron chi connectivity index (χ1n) is 6.22. The van der Waals surface area contributed by atoms with Gasteiger partial charge in [0.15, 0.2) is 0 Å². The summed E-state index contributed by atoms with van der Waals surface area (Å²) in [6, 6.07) is 4.03. The maximum atomic E-state index is 13.3. The number of esters is 1. The zero-order chi connectivity index (χ0) is 16.3. The van der Waals surface area contributed by atoms with Gasteiger partial charge in [0.25, 0.3) is 5.56 Å². The monoisotopic (exact) mass is 306 g/mol. The predicted molar refractivity (Wildman–Crippen MR) is 76.0 cm³/mol. The first-order chi connectivity index (χ1) is 10.4. The smallest absolute Gasteiger partial charge is 0.327 e. The highest BCUT2D eigenvalue weighted by molar-refractivity contribution is 5.72. The molecule has 0 unspecified atom stereocenters. The number of hydrogen-bond donors (Lipinski definition) is 0. The summed E-state index contributed by atoms with van der Waals surface area (Å²) in [7, 11) is 1.19. The Hall–Kier alpha value is -2.83. The molecule has 7 heteroatoms. The van der Waals surface area contributed by atoms with Gasteiger partial charge >= 0.3 is 5.97 Å². The fraction of sp³-hybridized carbons (Fsp3) is 0.133. The molecule has 0 radical (unpaired) electrons. The lowest BCUT2D eigenvalue weighted by Crippen LogP contribution is -2.27. The van der Waals surface area contributed by atoms with Crippen molar-refractivity contribution in [3.8, 4) is 11.1 Å². The van der Waals surface area contributed by atoms with Crippen LogP contribution < -0.4 is 5.56 Å². The van der Waals surface area contributed by atoms with Crippen molar-refractivity contribution >= 4 is 12.0 Å². The Morgan fingerprint density at radius 1 is 1.32 bits per heavy atom. The standard InChI is InChI=1S/C15H12F2N2O3/c1-3-13-12(9-4-10(16)6-11(17)5-9)7-14(20)19(18-13)8-15(21)22-2/h3-7H,1,8H2,2H3.